The van der Waals surface area contributed by atoms with Crippen LogP contribution in [0.2, 0.25) is 0 Å². The fourth-order valence-electron chi connectivity index (χ4n) is 0.558. The minimum atomic E-state index is -1.18. The van der Waals surface area contributed by atoms with E-state index in [9.17, 15) is 4.79 Å². The van der Waals surface area contributed by atoms with Crippen LogP contribution in [0.1, 0.15) is 13.3 Å². The van der Waals surface area contributed by atoms with E-state index in [-0.39, 0.29) is 6.42 Å². The maximum Gasteiger partial charge on any atom is 0.320 e. The summed E-state index contributed by atoms with van der Waals surface area (Å²) in [5.41, 5.74) is 5.08. The molecule has 0 saturated heterocycles. The highest BCUT2D eigenvalue weighted by molar-refractivity contribution is 5.73. The summed E-state index contributed by atoms with van der Waals surface area (Å²) >= 11 is 0. The lowest BCUT2D eigenvalue weighted by Crippen LogP contribution is -2.37. The quantitative estimate of drug-likeness (QED) is 0.405. The van der Waals surface area contributed by atoms with Gasteiger partial charge in [0.05, 0.1) is 12.2 Å². The molecule has 0 bridgehead atoms. The molecule has 0 aliphatic heterocycles. The van der Waals surface area contributed by atoms with Gasteiger partial charge in [0, 0.05) is 6.42 Å². The first-order valence-corrected chi connectivity index (χ1v) is 3.29. The lowest BCUT2D eigenvalue weighted by atomic mass is 10.1. The number of rotatable bonds is 4. The first-order valence-electron chi connectivity index (χ1n) is 3.29. The fourth-order valence-corrected chi connectivity index (χ4v) is 0.558. The molecule has 0 fully saturated rings. The van der Waals surface area contributed by atoms with E-state index in [1.165, 1.54) is 6.92 Å². The van der Waals surface area contributed by atoms with Crippen molar-refractivity contribution in [1.29, 1.82) is 0 Å². The van der Waals surface area contributed by atoms with E-state index in [0.717, 1.165) is 0 Å². The van der Waals surface area contributed by atoms with E-state index in [4.69, 9.17) is 21.1 Å². The Balaban J connectivity index is 3.75. The summed E-state index contributed by atoms with van der Waals surface area (Å²) in [4.78, 5) is 10.1. The van der Waals surface area contributed by atoms with Crippen LogP contribution < -0.4 is 5.73 Å². The van der Waals surface area contributed by atoms with Crippen molar-refractivity contribution in [1.82, 2.24) is 0 Å². The van der Waals surface area contributed by atoms with Crippen molar-refractivity contribution < 1.29 is 20.1 Å². The van der Waals surface area contributed by atoms with Gasteiger partial charge in [-0.1, -0.05) is 0 Å². The van der Waals surface area contributed by atoms with Gasteiger partial charge in [-0.15, -0.1) is 0 Å². The van der Waals surface area contributed by atoms with Crippen LogP contribution in [-0.2, 0) is 4.79 Å². The molecule has 0 spiro atoms. The summed E-state index contributed by atoms with van der Waals surface area (Å²) in [6, 6.07) is -1.11. The molecular weight excluding hydrogens is 150 g/mol. The Bertz CT molecular complexity index is 137. The van der Waals surface area contributed by atoms with Crippen LogP contribution in [-0.4, -0.2) is 39.5 Å². The van der Waals surface area contributed by atoms with Crippen molar-refractivity contribution in [3.8, 4) is 0 Å². The van der Waals surface area contributed by atoms with E-state index < -0.39 is 24.2 Å². The van der Waals surface area contributed by atoms with Crippen LogP contribution in [0.4, 0.5) is 0 Å². The molecule has 3 atom stereocenters. The third kappa shape index (κ3) is 3.92. The molecule has 0 saturated carbocycles. The number of carboxylic acids is 1. The van der Waals surface area contributed by atoms with E-state index in [2.05, 4.69) is 0 Å². The van der Waals surface area contributed by atoms with Gasteiger partial charge < -0.3 is 21.1 Å². The van der Waals surface area contributed by atoms with Gasteiger partial charge in [-0.3, -0.25) is 4.79 Å². The number of nitrogens with two attached hydrogens (primary N) is 1. The first-order chi connectivity index (χ1) is 4.95. The third-order valence-electron chi connectivity index (χ3n) is 1.37. The smallest absolute Gasteiger partial charge is 0.320 e. The summed E-state index contributed by atoms with van der Waals surface area (Å²) in [6.07, 6.45) is -2.14. The summed E-state index contributed by atoms with van der Waals surface area (Å²) in [7, 11) is 0. The van der Waals surface area contributed by atoms with Crippen LogP contribution in [0.3, 0.4) is 0 Å². The molecule has 0 rings (SSSR count). The Kier molecular flexibility index (Phi) is 4.02. The molecule has 0 aliphatic carbocycles. The highest BCUT2D eigenvalue weighted by Crippen LogP contribution is 2.00. The summed E-state index contributed by atoms with van der Waals surface area (Å²) in [5, 5.41) is 26.0. The standard InChI is InChI=1S/C6H13NO4/c1-3(8)5(9)2-4(7)6(10)11/h3-5,8-9H,2,7H2,1H3,(H,10,11)/t3-,4-,5-/m0/s1. The third-order valence-corrected chi connectivity index (χ3v) is 1.37. The van der Waals surface area contributed by atoms with Crippen molar-refractivity contribution in [3.05, 3.63) is 0 Å². The minimum Gasteiger partial charge on any atom is -0.480 e. The van der Waals surface area contributed by atoms with Gasteiger partial charge >= 0.3 is 5.97 Å². The molecule has 5 heteroatoms. The highest BCUT2D eigenvalue weighted by Gasteiger charge is 2.19. The van der Waals surface area contributed by atoms with Crippen LogP contribution in [0.25, 0.3) is 0 Å². The zero-order valence-corrected chi connectivity index (χ0v) is 6.27. The molecule has 5 nitrogen and oxygen atoms in total. The lowest BCUT2D eigenvalue weighted by Gasteiger charge is -2.15. The maximum absolute atomic E-state index is 10.1. The number of aliphatic carboxylic acids is 1. The largest absolute Gasteiger partial charge is 0.480 e. The van der Waals surface area contributed by atoms with Crippen molar-refractivity contribution in [2.75, 3.05) is 0 Å². The molecular formula is C6H13NO4. The Labute approximate surface area is 64.4 Å². The summed E-state index contributed by atoms with van der Waals surface area (Å²) < 4.78 is 0. The number of carboxylic acid groups (broad SMARTS) is 1. The normalized spacial score (nSPS) is 18.9. The van der Waals surface area contributed by atoms with Crippen LogP contribution in [0, 0.1) is 0 Å². The Morgan fingerprint density at radius 2 is 2.00 bits per heavy atom. The predicted octanol–water partition coefficient (Wildman–Crippen LogP) is -1.47. The molecule has 5 N–H and O–H groups in total. The van der Waals surface area contributed by atoms with E-state index >= 15 is 0 Å². The second-order valence-electron chi connectivity index (χ2n) is 2.49. The van der Waals surface area contributed by atoms with E-state index in [1.54, 1.807) is 0 Å². The van der Waals surface area contributed by atoms with Gasteiger partial charge in [0.15, 0.2) is 0 Å². The van der Waals surface area contributed by atoms with Gasteiger partial charge in [-0.25, -0.2) is 0 Å². The van der Waals surface area contributed by atoms with E-state index in [0.29, 0.717) is 0 Å². The fraction of sp³-hybridized carbons (Fsp3) is 0.833. The lowest BCUT2D eigenvalue weighted by molar-refractivity contribution is -0.139. The number of aliphatic hydroxyl groups is 2. The molecule has 0 aromatic carbocycles. The SMILES string of the molecule is C[C@H](O)[C@@H](O)C[C@H](N)C(=O)O. The van der Waals surface area contributed by atoms with Gasteiger partial charge in [0.2, 0.25) is 0 Å². The summed E-state index contributed by atoms with van der Waals surface area (Å²) in [6.45, 7) is 1.37. The second-order valence-corrected chi connectivity index (χ2v) is 2.49. The summed E-state index contributed by atoms with van der Waals surface area (Å²) in [5.74, 6) is -1.18. The molecule has 0 unspecified atom stereocenters. The zero-order valence-electron chi connectivity index (χ0n) is 6.27. The van der Waals surface area contributed by atoms with E-state index in [1.807, 2.05) is 0 Å². The molecule has 0 radical (unpaired) electrons. The van der Waals surface area contributed by atoms with Crippen molar-refractivity contribution in [3.63, 3.8) is 0 Å². The van der Waals surface area contributed by atoms with Gasteiger partial charge in [-0.05, 0) is 6.92 Å². The molecule has 0 aliphatic rings. The molecule has 11 heavy (non-hydrogen) atoms. The monoisotopic (exact) mass is 163 g/mol. The van der Waals surface area contributed by atoms with Gasteiger partial charge in [-0.2, -0.15) is 0 Å². The number of hydrogen-bond acceptors (Lipinski definition) is 4. The van der Waals surface area contributed by atoms with Crippen LogP contribution >= 0.6 is 0 Å². The highest BCUT2D eigenvalue weighted by atomic mass is 16.4. The van der Waals surface area contributed by atoms with Crippen LogP contribution in [0.15, 0.2) is 0 Å². The molecule has 0 aromatic rings. The number of carbonyl (C=O) groups is 1. The topological polar surface area (TPSA) is 104 Å². The van der Waals surface area contributed by atoms with Gasteiger partial charge in [0.1, 0.15) is 6.04 Å². The molecule has 0 aromatic heterocycles. The van der Waals surface area contributed by atoms with Crippen LogP contribution in [0.5, 0.6) is 0 Å². The maximum atomic E-state index is 10.1. The van der Waals surface area contributed by atoms with Crippen molar-refractivity contribution in [2.45, 2.75) is 31.6 Å². The zero-order chi connectivity index (χ0) is 9.02. The number of hydrogen-bond donors (Lipinski definition) is 4. The first kappa shape index (κ1) is 10.3. The Morgan fingerprint density at radius 1 is 1.55 bits per heavy atom. The number of aliphatic hydroxyl groups excluding tert-OH is 2. The average molecular weight is 163 g/mol. The van der Waals surface area contributed by atoms with Gasteiger partial charge in [0.25, 0.3) is 0 Å². The predicted molar refractivity (Wildman–Crippen MR) is 37.9 cm³/mol. The molecule has 66 valence electrons. The minimum absolute atomic E-state index is 0.132. The Hall–Kier alpha value is -0.650. The molecule has 0 heterocycles. The van der Waals surface area contributed by atoms with Crippen molar-refractivity contribution in [2.24, 2.45) is 5.73 Å². The Morgan fingerprint density at radius 3 is 2.27 bits per heavy atom. The second kappa shape index (κ2) is 4.27. The average Bonchev–Trinajstić information content (AvgIpc) is 1.87. The molecule has 0 amide bonds. The van der Waals surface area contributed by atoms with Crippen molar-refractivity contribution >= 4 is 5.97 Å².